The van der Waals surface area contributed by atoms with Gasteiger partial charge in [-0.2, -0.15) is 0 Å². The minimum absolute atomic E-state index is 0.185. The summed E-state index contributed by atoms with van der Waals surface area (Å²) in [6.45, 7) is 4.15. The van der Waals surface area contributed by atoms with Gasteiger partial charge >= 0.3 is 0 Å². The van der Waals surface area contributed by atoms with E-state index in [4.69, 9.17) is 0 Å². The lowest BCUT2D eigenvalue weighted by Gasteiger charge is -2.11. The van der Waals surface area contributed by atoms with Gasteiger partial charge in [-0.3, -0.25) is 0 Å². The fraction of sp³-hybridized carbons (Fsp3) is 0.300. The summed E-state index contributed by atoms with van der Waals surface area (Å²) in [5.41, 5.74) is 2.47. The first-order valence-electron chi connectivity index (χ1n) is 4.56. The quantitative estimate of drug-likeness (QED) is 0.718. The number of nitrogens with zero attached hydrogens (tertiary/aromatic N) is 4. The predicted molar refractivity (Wildman–Crippen MR) is 52.8 cm³/mol. The van der Waals surface area contributed by atoms with E-state index in [2.05, 4.69) is 47.6 Å². The first kappa shape index (κ1) is 8.87. The number of tetrazole rings is 1. The molecule has 1 aromatic carbocycles. The first-order chi connectivity index (χ1) is 6.77. The highest BCUT2D eigenvalue weighted by atomic mass is 15.5. The third-order valence-electron chi connectivity index (χ3n) is 2.29. The molecule has 0 bridgehead atoms. The molecule has 0 fully saturated rings. The van der Waals surface area contributed by atoms with Gasteiger partial charge in [-0.15, -0.1) is 5.10 Å². The zero-order valence-corrected chi connectivity index (χ0v) is 8.25. The lowest BCUT2D eigenvalue weighted by molar-refractivity contribution is 0.543. The Morgan fingerprint density at radius 2 is 2.21 bits per heavy atom. The van der Waals surface area contributed by atoms with Crippen molar-refractivity contribution < 1.29 is 0 Å². The fourth-order valence-corrected chi connectivity index (χ4v) is 1.43. The number of aromatic nitrogens is 4. The molecule has 1 aromatic heterocycles. The van der Waals surface area contributed by atoms with E-state index in [1.165, 1.54) is 11.1 Å². The summed E-state index contributed by atoms with van der Waals surface area (Å²) >= 11 is 0. The molecule has 72 valence electrons. The van der Waals surface area contributed by atoms with E-state index in [1.807, 2.05) is 6.07 Å². The molecule has 0 amide bonds. The average molecular weight is 188 g/mol. The minimum atomic E-state index is 0.185. The van der Waals surface area contributed by atoms with Gasteiger partial charge in [0, 0.05) is 0 Å². The molecule has 0 aliphatic heterocycles. The molecule has 1 heterocycles. The number of hydrogen-bond acceptors (Lipinski definition) is 3. The SMILES string of the molecule is Cc1cccc(C(C)n2cnnn2)c1. The zero-order chi connectivity index (χ0) is 9.97. The molecule has 2 rings (SSSR count). The van der Waals surface area contributed by atoms with Crippen LogP contribution in [0.1, 0.15) is 24.1 Å². The van der Waals surface area contributed by atoms with E-state index in [1.54, 1.807) is 11.0 Å². The van der Waals surface area contributed by atoms with Crippen LogP contribution in [0.4, 0.5) is 0 Å². The highest BCUT2D eigenvalue weighted by molar-refractivity contribution is 5.24. The van der Waals surface area contributed by atoms with Crippen LogP contribution in [-0.2, 0) is 0 Å². The molecule has 2 aromatic rings. The van der Waals surface area contributed by atoms with Crippen LogP contribution in [0.15, 0.2) is 30.6 Å². The molecule has 0 spiro atoms. The summed E-state index contributed by atoms with van der Waals surface area (Å²) in [5, 5.41) is 11.1. The summed E-state index contributed by atoms with van der Waals surface area (Å²) in [6, 6.07) is 8.54. The van der Waals surface area contributed by atoms with Crippen molar-refractivity contribution in [1.29, 1.82) is 0 Å². The molecule has 0 saturated heterocycles. The van der Waals surface area contributed by atoms with Crippen molar-refractivity contribution in [2.75, 3.05) is 0 Å². The topological polar surface area (TPSA) is 43.6 Å². The minimum Gasteiger partial charge on any atom is -0.225 e. The van der Waals surface area contributed by atoms with Gasteiger partial charge in [0.2, 0.25) is 0 Å². The predicted octanol–water partition coefficient (Wildman–Crippen LogP) is 1.59. The standard InChI is InChI=1S/C10H12N4/c1-8-4-3-5-10(6-8)9(2)14-7-11-12-13-14/h3-7,9H,1-2H3. The highest BCUT2D eigenvalue weighted by Crippen LogP contribution is 2.16. The van der Waals surface area contributed by atoms with Crippen LogP contribution >= 0.6 is 0 Å². The maximum absolute atomic E-state index is 3.88. The third-order valence-corrected chi connectivity index (χ3v) is 2.29. The van der Waals surface area contributed by atoms with Crippen LogP contribution in [0.25, 0.3) is 0 Å². The molecular formula is C10H12N4. The van der Waals surface area contributed by atoms with Crippen molar-refractivity contribution >= 4 is 0 Å². The summed E-state index contributed by atoms with van der Waals surface area (Å²) in [4.78, 5) is 0. The normalized spacial score (nSPS) is 12.7. The Morgan fingerprint density at radius 1 is 1.36 bits per heavy atom. The molecule has 0 saturated carbocycles. The Bertz CT molecular complexity index is 408. The van der Waals surface area contributed by atoms with Crippen molar-refractivity contribution in [3.8, 4) is 0 Å². The Hall–Kier alpha value is -1.71. The molecule has 1 unspecified atom stereocenters. The van der Waals surface area contributed by atoms with Crippen molar-refractivity contribution in [2.24, 2.45) is 0 Å². The second kappa shape index (κ2) is 3.57. The number of hydrogen-bond donors (Lipinski definition) is 0. The molecule has 0 radical (unpaired) electrons. The summed E-state index contributed by atoms with van der Waals surface area (Å²) in [6.07, 6.45) is 1.63. The van der Waals surface area contributed by atoms with Gasteiger partial charge in [0.05, 0.1) is 6.04 Å². The van der Waals surface area contributed by atoms with Crippen molar-refractivity contribution in [3.63, 3.8) is 0 Å². The summed E-state index contributed by atoms with van der Waals surface area (Å²) < 4.78 is 1.74. The molecule has 0 N–H and O–H groups in total. The third kappa shape index (κ3) is 1.64. The van der Waals surface area contributed by atoms with Crippen LogP contribution in [-0.4, -0.2) is 20.2 Å². The van der Waals surface area contributed by atoms with E-state index in [0.717, 1.165) is 0 Å². The fourth-order valence-electron chi connectivity index (χ4n) is 1.43. The largest absolute Gasteiger partial charge is 0.225 e. The maximum atomic E-state index is 3.88. The zero-order valence-electron chi connectivity index (χ0n) is 8.25. The van der Waals surface area contributed by atoms with E-state index in [-0.39, 0.29) is 6.04 Å². The van der Waals surface area contributed by atoms with E-state index in [9.17, 15) is 0 Å². The Morgan fingerprint density at radius 3 is 2.86 bits per heavy atom. The maximum Gasteiger partial charge on any atom is 0.138 e. The second-order valence-corrected chi connectivity index (χ2v) is 3.38. The molecule has 4 heteroatoms. The average Bonchev–Trinajstić information content (AvgIpc) is 2.69. The van der Waals surface area contributed by atoms with Gasteiger partial charge in [0.1, 0.15) is 6.33 Å². The monoisotopic (exact) mass is 188 g/mol. The molecule has 0 aliphatic carbocycles. The van der Waals surface area contributed by atoms with E-state index < -0.39 is 0 Å². The number of benzene rings is 1. The van der Waals surface area contributed by atoms with Gasteiger partial charge in [0.15, 0.2) is 0 Å². The van der Waals surface area contributed by atoms with Gasteiger partial charge in [-0.1, -0.05) is 29.8 Å². The second-order valence-electron chi connectivity index (χ2n) is 3.38. The molecule has 1 atom stereocenters. The summed E-state index contributed by atoms with van der Waals surface area (Å²) in [7, 11) is 0. The van der Waals surface area contributed by atoms with Crippen LogP contribution in [0.3, 0.4) is 0 Å². The summed E-state index contributed by atoms with van der Waals surface area (Å²) in [5.74, 6) is 0. The van der Waals surface area contributed by atoms with E-state index >= 15 is 0 Å². The van der Waals surface area contributed by atoms with E-state index in [0.29, 0.717) is 0 Å². The van der Waals surface area contributed by atoms with Gasteiger partial charge in [-0.05, 0) is 29.8 Å². The molecular weight excluding hydrogens is 176 g/mol. The van der Waals surface area contributed by atoms with Crippen LogP contribution in [0.2, 0.25) is 0 Å². The molecule has 0 aliphatic rings. The van der Waals surface area contributed by atoms with Gasteiger partial charge in [-0.25, -0.2) is 4.68 Å². The first-order valence-corrected chi connectivity index (χ1v) is 4.56. The molecule has 4 nitrogen and oxygen atoms in total. The van der Waals surface area contributed by atoms with Crippen LogP contribution in [0, 0.1) is 6.92 Å². The van der Waals surface area contributed by atoms with Gasteiger partial charge in [0.25, 0.3) is 0 Å². The van der Waals surface area contributed by atoms with Crippen LogP contribution < -0.4 is 0 Å². The Kier molecular flexibility index (Phi) is 2.26. The molecule has 14 heavy (non-hydrogen) atoms. The van der Waals surface area contributed by atoms with Crippen molar-refractivity contribution in [2.45, 2.75) is 19.9 Å². The van der Waals surface area contributed by atoms with Crippen LogP contribution in [0.5, 0.6) is 0 Å². The highest BCUT2D eigenvalue weighted by Gasteiger charge is 2.07. The lowest BCUT2D eigenvalue weighted by Crippen LogP contribution is -2.07. The Labute approximate surface area is 82.6 Å². The van der Waals surface area contributed by atoms with Crippen molar-refractivity contribution in [3.05, 3.63) is 41.7 Å². The van der Waals surface area contributed by atoms with Gasteiger partial charge < -0.3 is 0 Å². The number of rotatable bonds is 2. The number of aryl methyl sites for hydroxylation is 1. The lowest BCUT2D eigenvalue weighted by atomic mass is 10.1. The Balaban J connectivity index is 2.32. The van der Waals surface area contributed by atoms with Crippen molar-refractivity contribution in [1.82, 2.24) is 20.2 Å². The smallest absolute Gasteiger partial charge is 0.138 e.